The average molecular weight is 264 g/mol. The van der Waals surface area contributed by atoms with Gasteiger partial charge in [-0.2, -0.15) is 0 Å². The maximum Gasteiger partial charge on any atom is 0.261 e. The second kappa shape index (κ2) is 6.39. The molecule has 0 fully saturated rings. The normalized spacial score (nSPS) is 10.6. The van der Waals surface area contributed by atoms with Crippen molar-refractivity contribution in [1.29, 1.82) is 0 Å². The van der Waals surface area contributed by atoms with Crippen LogP contribution in [0.15, 0.2) is 33.5 Å². The van der Waals surface area contributed by atoms with Crippen LogP contribution in [0.5, 0.6) is 0 Å². The highest BCUT2D eigenvalue weighted by Crippen LogP contribution is 2.30. The van der Waals surface area contributed by atoms with Crippen LogP contribution in [0.3, 0.4) is 0 Å². The Labute approximate surface area is 110 Å². The third-order valence-electron chi connectivity index (χ3n) is 2.34. The molecule has 0 aliphatic rings. The van der Waals surface area contributed by atoms with Crippen LogP contribution in [-0.4, -0.2) is 21.5 Å². The van der Waals surface area contributed by atoms with Crippen LogP contribution in [0.25, 0.3) is 0 Å². The van der Waals surface area contributed by atoms with E-state index in [-0.39, 0.29) is 0 Å². The minimum Gasteiger partial charge on any atom is -0.440 e. The summed E-state index contributed by atoms with van der Waals surface area (Å²) in [6, 6.07) is 0. The van der Waals surface area contributed by atoms with Crippen LogP contribution in [-0.2, 0) is 6.42 Å². The Morgan fingerprint density at radius 3 is 2.83 bits per heavy atom. The first kappa shape index (κ1) is 12.9. The lowest BCUT2D eigenvalue weighted by molar-refractivity contribution is 0.454. The van der Waals surface area contributed by atoms with E-state index in [1.807, 2.05) is 0 Å². The molecule has 2 aromatic rings. The summed E-state index contributed by atoms with van der Waals surface area (Å²) in [7, 11) is 0. The van der Waals surface area contributed by atoms with E-state index >= 15 is 0 Å². The lowest BCUT2D eigenvalue weighted by Crippen LogP contribution is -2.06. The molecule has 2 heterocycles. The van der Waals surface area contributed by atoms with Crippen molar-refractivity contribution in [1.82, 2.24) is 15.0 Å². The van der Waals surface area contributed by atoms with Crippen LogP contribution in [0.4, 0.5) is 5.82 Å². The molecule has 96 valence electrons. The molecule has 6 heteroatoms. The molecular formula is C12H16N4OS. The van der Waals surface area contributed by atoms with E-state index in [1.165, 1.54) is 11.8 Å². The van der Waals surface area contributed by atoms with E-state index in [9.17, 15) is 0 Å². The first-order valence-electron chi connectivity index (χ1n) is 6.00. The van der Waals surface area contributed by atoms with Gasteiger partial charge in [0, 0.05) is 12.1 Å². The molecule has 0 radical (unpaired) electrons. The minimum atomic E-state index is 0.605. The third-order valence-corrected chi connectivity index (χ3v) is 3.27. The van der Waals surface area contributed by atoms with E-state index < -0.39 is 0 Å². The summed E-state index contributed by atoms with van der Waals surface area (Å²) in [4.78, 5) is 12.7. The number of hydrogen-bond donors (Lipinski definition) is 1. The number of hydrogen-bond acceptors (Lipinski definition) is 6. The zero-order valence-corrected chi connectivity index (χ0v) is 11.3. The fourth-order valence-electron chi connectivity index (χ4n) is 1.62. The van der Waals surface area contributed by atoms with E-state index in [4.69, 9.17) is 4.42 Å². The third kappa shape index (κ3) is 3.01. The van der Waals surface area contributed by atoms with Crippen molar-refractivity contribution in [3.63, 3.8) is 0 Å². The number of nitrogens with one attached hydrogen (secondary N) is 1. The second-order valence-electron chi connectivity index (χ2n) is 3.69. The quantitative estimate of drug-likeness (QED) is 0.809. The SMILES string of the molecule is CCCc1c(NCC)ncnc1Sc1ncco1. The molecule has 0 atom stereocenters. The highest BCUT2D eigenvalue weighted by atomic mass is 32.2. The van der Waals surface area contributed by atoms with Crippen molar-refractivity contribution in [3.05, 3.63) is 24.4 Å². The van der Waals surface area contributed by atoms with Crippen LogP contribution >= 0.6 is 11.8 Å². The Balaban J connectivity index is 2.29. The number of anilines is 1. The molecule has 5 nitrogen and oxygen atoms in total. The summed E-state index contributed by atoms with van der Waals surface area (Å²) >= 11 is 1.43. The van der Waals surface area contributed by atoms with Crippen molar-refractivity contribution in [2.75, 3.05) is 11.9 Å². The number of rotatable bonds is 6. The predicted molar refractivity (Wildman–Crippen MR) is 70.8 cm³/mol. The molecule has 0 unspecified atom stereocenters. The van der Waals surface area contributed by atoms with E-state index in [0.29, 0.717) is 5.22 Å². The maximum atomic E-state index is 5.24. The summed E-state index contributed by atoms with van der Waals surface area (Å²) in [6.07, 6.45) is 6.75. The lowest BCUT2D eigenvalue weighted by Gasteiger charge is -2.11. The maximum absolute atomic E-state index is 5.24. The highest BCUT2D eigenvalue weighted by Gasteiger charge is 2.13. The highest BCUT2D eigenvalue weighted by molar-refractivity contribution is 7.99. The van der Waals surface area contributed by atoms with Gasteiger partial charge in [-0.25, -0.2) is 15.0 Å². The largest absolute Gasteiger partial charge is 0.440 e. The Morgan fingerprint density at radius 2 is 2.17 bits per heavy atom. The molecule has 0 bridgehead atoms. The topological polar surface area (TPSA) is 63.8 Å². The number of nitrogens with zero attached hydrogens (tertiary/aromatic N) is 3. The standard InChI is InChI=1S/C12H16N4OS/c1-3-5-9-10(13-4-2)15-8-16-11(9)18-12-14-6-7-17-12/h6-8H,3-5H2,1-2H3,(H,13,15,16). The van der Waals surface area contributed by atoms with Gasteiger partial charge in [0.25, 0.3) is 5.22 Å². The fraction of sp³-hybridized carbons (Fsp3) is 0.417. The molecular weight excluding hydrogens is 248 g/mol. The smallest absolute Gasteiger partial charge is 0.261 e. The Kier molecular flexibility index (Phi) is 4.58. The van der Waals surface area contributed by atoms with Crippen LogP contribution in [0.2, 0.25) is 0 Å². The van der Waals surface area contributed by atoms with Crippen molar-refractivity contribution >= 4 is 17.6 Å². The van der Waals surface area contributed by atoms with Crippen molar-refractivity contribution < 1.29 is 4.42 Å². The van der Waals surface area contributed by atoms with Crippen molar-refractivity contribution in [2.24, 2.45) is 0 Å². The van der Waals surface area contributed by atoms with Gasteiger partial charge in [0.2, 0.25) is 0 Å². The van der Waals surface area contributed by atoms with Gasteiger partial charge in [-0.15, -0.1) is 0 Å². The minimum absolute atomic E-state index is 0.605. The van der Waals surface area contributed by atoms with Gasteiger partial charge < -0.3 is 9.73 Å². The van der Waals surface area contributed by atoms with Gasteiger partial charge in [0.05, 0.1) is 6.20 Å². The van der Waals surface area contributed by atoms with E-state index in [0.717, 1.165) is 35.8 Å². The molecule has 2 aromatic heterocycles. The first-order chi connectivity index (χ1) is 8.85. The van der Waals surface area contributed by atoms with Crippen molar-refractivity contribution in [3.8, 4) is 0 Å². The summed E-state index contributed by atoms with van der Waals surface area (Å²) in [5, 5.41) is 4.78. The van der Waals surface area contributed by atoms with E-state index in [2.05, 4.69) is 34.1 Å². The molecule has 1 N–H and O–H groups in total. The Morgan fingerprint density at radius 1 is 1.28 bits per heavy atom. The van der Waals surface area contributed by atoms with Crippen LogP contribution in [0.1, 0.15) is 25.8 Å². The van der Waals surface area contributed by atoms with E-state index in [1.54, 1.807) is 18.8 Å². The van der Waals surface area contributed by atoms with Crippen molar-refractivity contribution in [2.45, 2.75) is 36.9 Å². The van der Waals surface area contributed by atoms with Gasteiger partial charge >= 0.3 is 0 Å². The summed E-state index contributed by atoms with van der Waals surface area (Å²) in [5.74, 6) is 0.906. The van der Waals surface area contributed by atoms with Gasteiger partial charge in [0.15, 0.2) is 0 Å². The molecule has 0 spiro atoms. The Bertz CT molecular complexity index is 487. The van der Waals surface area contributed by atoms with Gasteiger partial charge in [-0.1, -0.05) is 13.3 Å². The molecule has 18 heavy (non-hydrogen) atoms. The zero-order chi connectivity index (χ0) is 12.8. The number of oxazole rings is 1. The number of aromatic nitrogens is 3. The zero-order valence-electron chi connectivity index (χ0n) is 10.5. The summed E-state index contributed by atoms with van der Waals surface area (Å²) in [6.45, 7) is 5.04. The average Bonchev–Trinajstić information content (AvgIpc) is 2.86. The monoisotopic (exact) mass is 264 g/mol. The van der Waals surface area contributed by atoms with Gasteiger partial charge in [-0.3, -0.25) is 0 Å². The lowest BCUT2D eigenvalue weighted by atomic mass is 10.2. The van der Waals surface area contributed by atoms with Gasteiger partial charge in [-0.05, 0) is 25.1 Å². The predicted octanol–water partition coefficient (Wildman–Crippen LogP) is 3.00. The van der Waals surface area contributed by atoms with Gasteiger partial charge in [0.1, 0.15) is 23.4 Å². The molecule has 0 amide bonds. The molecule has 0 saturated heterocycles. The molecule has 0 aliphatic carbocycles. The molecule has 0 aromatic carbocycles. The first-order valence-corrected chi connectivity index (χ1v) is 6.81. The summed E-state index contributed by atoms with van der Waals surface area (Å²) < 4.78 is 5.24. The second-order valence-corrected chi connectivity index (χ2v) is 4.63. The fourth-order valence-corrected chi connectivity index (χ4v) is 2.43. The molecule has 2 rings (SSSR count). The Hall–Kier alpha value is -1.56. The molecule has 0 aliphatic heterocycles. The van der Waals surface area contributed by atoms with Crippen LogP contribution in [0, 0.1) is 0 Å². The van der Waals surface area contributed by atoms with Crippen LogP contribution < -0.4 is 5.32 Å². The molecule has 0 saturated carbocycles. The summed E-state index contributed by atoms with van der Waals surface area (Å²) in [5.41, 5.74) is 1.13.